The van der Waals surface area contributed by atoms with Gasteiger partial charge in [-0.2, -0.15) is 5.10 Å². The number of ether oxygens (including phenoxy) is 1. The van der Waals surface area contributed by atoms with Crippen LogP contribution in [0.4, 0.5) is 0 Å². The Morgan fingerprint density at radius 2 is 2.47 bits per heavy atom. The van der Waals surface area contributed by atoms with Gasteiger partial charge in [0, 0.05) is 25.3 Å². The minimum absolute atomic E-state index is 0.0735. The van der Waals surface area contributed by atoms with E-state index in [2.05, 4.69) is 16.9 Å². The summed E-state index contributed by atoms with van der Waals surface area (Å²) in [6, 6.07) is 2.58. The Labute approximate surface area is 114 Å². The average Bonchev–Trinajstić information content (AvgIpc) is 3.05. The third-order valence-electron chi connectivity index (χ3n) is 4.34. The molecule has 19 heavy (non-hydrogen) atoms. The van der Waals surface area contributed by atoms with E-state index in [0.29, 0.717) is 6.04 Å². The molecule has 0 radical (unpaired) electrons. The number of fused-ring (bicyclic) bond motifs is 1. The van der Waals surface area contributed by atoms with Gasteiger partial charge in [-0.3, -0.25) is 9.58 Å². The molecular weight excluding hydrogens is 240 g/mol. The van der Waals surface area contributed by atoms with Crippen LogP contribution < -0.4 is 5.73 Å². The van der Waals surface area contributed by atoms with Gasteiger partial charge in [0.2, 0.25) is 0 Å². The Morgan fingerprint density at radius 3 is 3.32 bits per heavy atom. The molecule has 1 aromatic rings. The first-order valence-electron chi connectivity index (χ1n) is 7.42. The van der Waals surface area contributed by atoms with Crippen LogP contribution >= 0.6 is 0 Å². The summed E-state index contributed by atoms with van der Waals surface area (Å²) < 4.78 is 8.02. The highest BCUT2D eigenvalue weighted by Gasteiger charge is 2.35. The van der Waals surface area contributed by atoms with Crippen LogP contribution in [0, 0.1) is 0 Å². The molecule has 0 aromatic carbocycles. The largest absolute Gasteiger partial charge is 0.373 e. The van der Waals surface area contributed by atoms with E-state index in [-0.39, 0.29) is 12.1 Å². The van der Waals surface area contributed by atoms with E-state index in [9.17, 15) is 0 Å². The Morgan fingerprint density at radius 1 is 1.58 bits per heavy atom. The lowest BCUT2D eigenvalue weighted by atomic mass is 10.1. The molecule has 3 rings (SSSR count). The van der Waals surface area contributed by atoms with Crippen LogP contribution in [0.3, 0.4) is 0 Å². The quantitative estimate of drug-likeness (QED) is 0.886. The lowest BCUT2D eigenvalue weighted by Gasteiger charge is -2.37. The van der Waals surface area contributed by atoms with Crippen LogP contribution in [0.25, 0.3) is 0 Å². The summed E-state index contributed by atoms with van der Waals surface area (Å²) in [5.41, 5.74) is 7.52. The second kappa shape index (κ2) is 5.61. The third kappa shape index (κ3) is 2.55. The molecule has 3 atom stereocenters. The van der Waals surface area contributed by atoms with Gasteiger partial charge in [0.15, 0.2) is 0 Å². The second-order valence-electron chi connectivity index (χ2n) is 5.67. The van der Waals surface area contributed by atoms with Crippen molar-refractivity contribution in [3.05, 3.63) is 18.0 Å². The highest BCUT2D eigenvalue weighted by atomic mass is 16.5. The zero-order valence-electron chi connectivity index (χ0n) is 11.7. The summed E-state index contributed by atoms with van der Waals surface area (Å²) in [5.74, 6) is 0. The molecule has 5 nitrogen and oxygen atoms in total. The molecule has 0 amide bonds. The molecule has 0 spiro atoms. The number of aryl methyl sites for hydroxylation is 1. The van der Waals surface area contributed by atoms with Crippen molar-refractivity contribution < 1.29 is 4.74 Å². The van der Waals surface area contributed by atoms with Crippen molar-refractivity contribution in [2.24, 2.45) is 5.73 Å². The van der Waals surface area contributed by atoms with Crippen LogP contribution in [-0.4, -0.2) is 46.5 Å². The maximum absolute atomic E-state index is 6.42. The fourth-order valence-corrected chi connectivity index (χ4v) is 3.28. The van der Waals surface area contributed by atoms with Crippen molar-refractivity contribution in [3.8, 4) is 0 Å². The average molecular weight is 264 g/mol. The number of hydrogen-bond donors (Lipinski definition) is 1. The zero-order chi connectivity index (χ0) is 13.2. The smallest absolute Gasteiger partial charge is 0.0910 e. The molecule has 2 fully saturated rings. The fraction of sp³-hybridized carbons (Fsp3) is 0.786. The van der Waals surface area contributed by atoms with Crippen LogP contribution in [0.15, 0.2) is 12.3 Å². The van der Waals surface area contributed by atoms with E-state index in [1.165, 1.54) is 19.4 Å². The first-order valence-corrected chi connectivity index (χ1v) is 7.42. The summed E-state index contributed by atoms with van der Waals surface area (Å²) in [6.07, 6.45) is 5.58. The van der Waals surface area contributed by atoms with Crippen molar-refractivity contribution in [1.29, 1.82) is 0 Å². The normalized spacial score (nSPS) is 29.4. The Balaban J connectivity index is 1.69. The molecule has 3 heterocycles. The number of hydrogen-bond acceptors (Lipinski definition) is 4. The van der Waals surface area contributed by atoms with Crippen LogP contribution in [0.5, 0.6) is 0 Å². The SMILES string of the molecule is CCCn1nccc1C(N)C1CN2CCCC2CO1. The van der Waals surface area contributed by atoms with Crippen molar-refractivity contribution in [2.75, 3.05) is 19.7 Å². The minimum Gasteiger partial charge on any atom is -0.373 e. The van der Waals surface area contributed by atoms with Crippen molar-refractivity contribution in [1.82, 2.24) is 14.7 Å². The van der Waals surface area contributed by atoms with E-state index in [1.807, 2.05) is 16.9 Å². The maximum Gasteiger partial charge on any atom is 0.0910 e. The van der Waals surface area contributed by atoms with Gasteiger partial charge in [-0.1, -0.05) is 6.92 Å². The van der Waals surface area contributed by atoms with Crippen molar-refractivity contribution >= 4 is 0 Å². The molecule has 1 aromatic heterocycles. The first-order chi connectivity index (χ1) is 9.29. The first kappa shape index (κ1) is 13.1. The molecule has 5 heteroatoms. The molecule has 0 saturated carbocycles. The van der Waals surface area contributed by atoms with E-state index in [4.69, 9.17) is 10.5 Å². The Hall–Kier alpha value is -0.910. The van der Waals surface area contributed by atoms with Crippen molar-refractivity contribution in [2.45, 2.75) is 50.9 Å². The highest BCUT2D eigenvalue weighted by molar-refractivity contribution is 5.09. The van der Waals surface area contributed by atoms with E-state index in [1.54, 1.807) is 0 Å². The lowest BCUT2D eigenvalue weighted by Crippen LogP contribution is -2.50. The molecule has 106 valence electrons. The number of morpholine rings is 1. The number of nitrogens with two attached hydrogens (primary N) is 1. The zero-order valence-corrected chi connectivity index (χ0v) is 11.7. The van der Waals surface area contributed by atoms with Crippen LogP contribution in [0.2, 0.25) is 0 Å². The van der Waals surface area contributed by atoms with Gasteiger partial charge in [-0.05, 0) is 31.9 Å². The predicted molar refractivity (Wildman–Crippen MR) is 73.8 cm³/mol. The second-order valence-corrected chi connectivity index (χ2v) is 5.67. The molecule has 0 bridgehead atoms. The standard InChI is InChI=1S/C14H24N4O/c1-2-7-18-12(5-6-16-18)14(15)13-9-17-8-3-4-11(17)10-19-13/h5-6,11,13-14H,2-4,7-10,15H2,1H3. The predicted octanol–water partition coefficient (Wildman–Crippen LogP) is 1.16. The number of rotatable bonds is 4. The molecule has 2 saturated heterocycles. The molecule has 2 N–H and O–H groups in total. The van der Waals surface area contributed by atoms with E-state index in [0.717, 1.165) is 31.8 Å². The topological polar surface area (TPSA) is 56.3 Å². The molecule has 2 aliphatic rings. The highest BCUT2D eigenvalue weighted by Crippen LogP contribution is 2.27. The monoisotopic (exact) mass is 264 g/mol. The minimum atomic E-state index is -0.0735. The molecule has 0 aliphatic carbocycles. The van der Waals surface area contributed by atoms with Crippen LogP contribution in [0.1, 0.15) is 37.9 Å². The van der Waals surface area contributed by atoms with Gasteiger partial charge in [0.05, 0.1) is 24.4 Å². The van der Waals surface area contributed by atoms with Gasteiger partial charge in [-0.15, -0.1) is 0 Å². The van der Waals surface area contributed by atoms with Gasteiger partial charge in [-0.25, -0.2) is 0 Å². The summed E-state index contributed by atoms with van der Waals surface area (Å²) in [6.45, 7) is 6.08. The lowest BCUT2D eigenvalue weighted by molar-refractivity contribution is -0.0607. The van der Waals surface area contributed by atoms with Crippen LogP contribution in [-0.2, 0) is 11.3 Å². The van der Waals surface area contributed by atoms with Gasteiger partial charge >= 0.3 is 0 Å². The van der Waals surface area contributed by atoms with E-state index < -0.39 is 0 Å². The van der Waals surface area contributed by atoms with Gasteiger partial charge in [0.1, 0.15) is 0 Å². The van der Waals surface area contributed by atoms with E-state index >= 15 is 0 Å². The Kier molecular flexibility index (Phi) is 3.86. The summed E-state index contributed by atoms with van der Waals surface area (Å²) in [4.78, 5) is 2.54. The summed E-state index contributed by atoms with van der Waals surface area (Å²) in [7, 11) is 0. The molecule has 3 unspecified atom stereocenters. The number of aromatic nitrogens is 2. The third-order valence-corrected chi connectivity index (χ3v) is 4.34. The summed E-state index contributed by atoms with van der Waals surface area (Å²) in [5, 5.41) is 4.36. The Bertz CT molecular complexity index is 419. The fourth-order valence-electron chi connectivity index (χ4n) is 3.28. The molecule has 2 aliphatic heterocycles. The van der Waals surface area contributed by atoms with Gasteiger partial charge < -0.3 is 10.5 Å². The summed E-state index contributed by atoms with van der Waals surface area (Å²) >= 11 is 0. The maximum atomic E-state index is 6.42. The van der Waals surface area contributed by atoms with Crippen molar-refractivity contribution in [3.63, 3.8) is 0 Å². The molecular formula is C14H24N4O. The number of nitrogens with zero attached hydrogens (tertiary/aromatic N) is 3. The van der Waals surface area contributed by atoms with Gasteiger partial charge in [0.25, 0.3) is 0 Å².